The van der Waals surface area contributed by atoms with Crippen molar-refractivity contribution in [3.63, 3.8) is 0 Å². The van der Waals surface area contributed by atoms with Crippen LogP contribution in [0.2, 0.25) is 0 Å². The Labute approximate surface area is 176 Å². The molecule has 0 saturated heterocycles. The van der Waals surface area contributed by atoms with Crippen LogP contribution >= 0.6 is 24.0 Å². The van der Waals surface area contributed by atoms with Gasteiger partial charge in [0.25, 0.3) is 0 Å². The molecular weight excluding hydrogens is 460 g/mol. The summed E-state index contributed by atoms with van der Waals surface area (Å²) in [5.74, 6) is -0.0754. The summed E-state index contributed by atoms with van der Waals surface area (Å²) in [5, 5.41) is 6.22. The van der Waals surface area contributed by atoms with Gasteiger partial charge in [0.05, 0.1) is 24.8 Å². The van der Waals surface area contributed by atoms with Crippen LogP contribution in [0.25, 0.3) is 0 Å². The molecule has 0 spiro atoms. The van der Waals surface area contributed by atoms with Crippen molar-refractivity contribution < 1.29 is 9.18 Å². The predicted octanol–water partition coefficient (Wildman–Crippen LogP) is 2.72. The van der Waals surface area contributed by atoms with Crippen LogP contribution < -0.4 is 10.6 Å². The minimum atomic E-state index is -0.406. The molecule has 0 aliphatic carbocycles. The van der Waals surface area contributed by atoms with E-state index in [1.54, 1.807) is 14.1 Å². The van der Waals surface area contributed by atoms with E-state index in [2.05, 4.69) is 20.6 Å². The number of nitrogens with zero attached hydrogens (tertiary/aromatic N) is 3. The van der Waals surface area contributed by atoms with Crippen molar-refractivity contribution in [3.05, 3.63) is 65.7 Å². The Morgan fingerprint density at radius 2 is 1.93 bits per heavy atom. The zero-order chi connectivity index (χ0) is 18.9. The van der Waals surface area contributed by atoms with Gasteiger partial charge < -0.3 is 15.5 Å². The first-order valence-electron chi connectivity index (χ1n) is 8.36. The maximum absolute atomic E-state index is 13.8. The van der Waals surface area contributed by atoms with Gasteiger partial charge in [0.15, 0.2) is 5.96 Å². The van der Waals surface area contributed by atoms with Crippen LogP contribution in [0.4, 0.5) is 4.39 Å². The van der Waals surface area contributed by atoms with Crippen LogP contribution in [0.15, 0.2) is 53.7 Å². The average molecular weight is 485 g/mol. The minimum Gasteiger partial charge on any atom is -0.350 e. The first-order chi connectivity index (χ1) is 12.5. The van der Waals surface area contributed by atoms with E-state index in [1.807, 2.05) is 37.3 Å². The van der Waals surface area contributed by atoms with Crippen molar-refractivity contribution in [2.24, 2.45) is 4.99 Å². The van der Waals surface area contributed by atoms with E-state index in [0.29, 0.717) is 5.96 Å². The quantitative estimate of drug-likeness (QED) is 0.375. The summed E-state index contributed by atoms with van der Waals surface area (Å²) in [6.07, 6.45) is 1.52. The summed E-state index contributed by atoms with van der Waals surface area (Å²) in [5.41, 5.74) is 1.32. The monoisotopic (exact) mass is 485 g/mol. The Kier molecular flexibility index (Phi) is 9.70. The van der Waals surface area contributed by atoms with Crippen LogP contribution in [0.3, 0.4) is 0 Å². The third-order valence-electron chi connectivity index (χ3n) is 3.78. The third-order valence-corrected chi connectivity index (χ3v) is 3.78. The van der Waals surface area contributed by atoms with Gasteiger partial charge in [-0.25, -0.2) is 9.38 Å². The topological polar surface area (TPSA) is 69.6 Å². The molecule has 146 valence electrons. The van der Waals surface area contributed by atoms with E-state index in [4.69, 9.17) is 0 Å². The molecule has 1 atom stereocenters. The van der Waals surface area contributed by atoms with Crippen LogP contribution in [-0.4, -0.2) is 42.4 Å². The van der Waals surface area contributed by atoms with E-state index in [-0.39, 0.29) is 54.7 Å². The second-order valence-corrected chi connectivity index (χ2v) is 6.02. The van der Waals surface area contributed by atoms with E-state index >= 15 is 0 Å². The van der Waals surface area contributed by atoms with Gasteiger partial charge in [-0.05, 0) is 24.6 Å². The first-order valence-corrected chi connectivity index (χ1v) is 8.36. The zero-order valence-electron chi connectivity index (χ0n) is 15.6. The van der Waals surface area contributed by atoms with Crippen molar-refractivity contribution in [3.8, 4) is 0 Å². The zero-order valence-corrected chi connectivity index (χ0v) is 18.0. The van der Waals surface area contributed by atoms with Crippen LogP contribution in [0, 0.1) is 5.82 Å². The fourth-order valence-corrected chi connectivity index (χ4v) is 2.19. The van der Waals surface area contributed by atoms with Crippen LogP contribution in [0.5, 0.6) is 0 Å². The van der Waals surface area contributed by atoms with Crippen LogP contribution in [-0.2, 0) is 11.3 Å². The predicted molar refractivity (Wildman–Crippen MR) is 115 cm³/mol. The largest absolute Gasteiger partial charge is 0.350 e. The highest BCUT2D eigenvalue weighted by Gasteiger charge is 2.11. The number of nitrogens with one attached hydrogen (secondary N) is 2. The summed E-state index contributed by atoms with van der Waals surface area (Å²) in [6.45, 7) is 2.15. The molecule has 0 radical (unpaired) electrons. The maximum atomic E-state index is 13.8. The lowest BCUT2D eigenvalue weighted by Crippen LogP contribution is -2.43. The van der Waals surface area contributed by atoms with Gasteiger partial charge in [-0.15, -0.1) is 24.0 Å². The van der Waals surface area contributed by atoms with E-state index < -0.39 is 5.82 Å². The number of guanidine groups is 1. The van der Waals surface area contributed by atoms with Gasteiger partial charge in [-0.2, -0.15) is 0 Å². The smallest absolute Gasteiger partial charge is 0.241 e. The van der Waals surface area contributed by atoms with Crippen molar-refractivity contribution >= 4 is 35.8 Å². The highest BCUT2D eigenvalue weighted by atomic mass is 127. The number of pyridine rings is 1. The summed E-state index contributed by atoms with van der Waals surface area (Å²) in [4.78, 5) is 21.7. The molecule has 1 heterocycles. The Balaban J connectivity index is 0.00000364. The molecule has 2 N–H and O–H groups in total. The van der Waals surface area contributed by atoms with Gasteiger partial charge in [0, 0.05) is 20.3 Å². The number of hydrogen-bond acceptors (Lipinski definition) is 3. The van der Waals surface area contributed by atoms with Crippen molar-refractivity contribution in [2.75, 3.05) is 20.6 Å². The number of likely N-dealkylation sites (N-methyl/N-ethyl adjacent to an activating group) is 1. The summed E-state index contributed by atoms with van der Waals surface area (Å²) in [6, 6.07) is 12.7. The Morgan fingerprint density at radius 1 is 1.22 bits per heavy atom. The fraction of sp³-hybridized carbons (Fsp3) is 0.316. The van der Waals surface area contributed by atoms with Gasteiger partial charge in [0.1, 0.15) is 5.82 Å². The summed E-state index contributed by atoms with van der Waals surface area (Å²) in [7, 11) is 3.37. The average Bonchev–Trinajstić information content (AvgIpc) is 2.65. The van der Waals surface area contributed by atoms with Gasteiger partial charge in [0.2, 0.25) is 5.91 Å². The fourth-order valence-electron chi connectivity index (χ4n) is 2.19. The highest BCUT2D eigenvalue weighted by molar-refractivity contribution is 14.0. The molecule has 8 heteroatoms. The molecule has 27 heavy (non-hydrogen) atoms. The molecular formula is C19H25FIN5O. The Morgan fingerprint density at radius 3 is 2.56 bits per heavy atom. The molecule has 0 saturated carbocycles. The van der Waals surface area contributed by atoms with E-state index in [0.717, 1.165) is 5.56 Å². The molecule has 2 aromatic rings. The second kappa shape index (κ2) is 11.5. The number of benzene rings is 1. The number of aliphatic imine (C=N–C) groups is 1. The number of amides is 1. The molecule has 1 amide bonds. The number of rotatable bonds is 6. The lowest BCUT2D eigenvalue weighted by molar-refractivity contribution is -0.127. The molecule has 0 bridgehead atoms. The molecule has 0 aliphatic rings. The number of aromatic nitrogens is 1. The standard InChI is InChI=1S/C19H24FN5O.HI/c1-14(15-8-5-4-6-9-15)24-19(23-13-18(26)25(2)3)22-12-17-16(20)10-7-11-21-17;/h4-11,14H,12-13H2,1-3H3,(H2,22,23,24);1H. The van der Waals surface area contributed by atoms with E-state index in [9.17, 15) is 9.18 Å². The second-order valence-electron chi connectivity index (χ2n) is 6.02. The maximum Gasteiger partial charge on any atom is 0.241 e. The third kappa shape index (κ3) is 7.49. The number of hydrogen-bond donors (Lipinski definition) is 2. The van der Waals surface area contributed by atoms with Gasteiger partial charge in [-0.3, -0.25) is 9.78 Å². The van der Waals surface area contributed by atoms with Gasteiger partial charge >= 0.3 is 0 Å². The molecule has 0 aliphatic heterocycles. The number of halogens is 2. The summed E-state index contributed by atoms with van der Waals surface area (Å²) >= 11 is 0. The molecule has 6 nitrogen and oxygen atoms in total. The van der Waals surface area contributed by atoms with Crippen LogP contribution in [0.1, 0.15) is 24.2 Å². The molecule has 2 rings (SSSR count). The minimum absolute atomic E-state index is 0. The Bertz CT molecular complexity index is 755. The number of carbonyl (C=O) groups is 1. The Hall–Kier alpha value is -2.23. The van der Waals surface area contributed by atoms with E-state index in [1.165, 1.54) is 23.2 Å². The summed E-state index contributed by atoms with van der Waals surface area (Å²) < 4.78 is 13.8. The van der Waals surface area contributed by atoms with Gasteiger partial charge in [-0.1, -0.05) is 30.3 Å². The lowest BCUT2D eigenvalue weighted by Gasteiger charge is -2.19. The molecule has 1 aromatic heterocycles. The number of carbonyl (C=O) groups excluding carboxylic acids is 1. The van der Waals surface area contributed by atoms with Crippen molar-refractivity contribution in [1.82, 2.24) is 20.5 Å². The lowest BCUT2D eigenvalue weighted by atomic mass is 10.1. The first kappa shape index (κ1) is 22.8. The SMILES string of the molecule is CC(NC(=NCc1ncccc1F)NCC(=O)N(C)C)c1ccccc1.I. The molecule has 0 fully saturated rings. The van der Waals surface area contributed by atoms with Crippen molar-refractivity contribution in [1.29, 1.82) is 0 Å². The molecule has 1 unspecified atom stereocenters. The van der Waals surface area contributed by atoms with Crippen molar-refractivity contribution in [2.45, 2.75) is 19.5 Å². The highest BCUT2D eigenvalue weighted by Crippen LogP contribution is 2.11. The molecule has 1 aromatic carbocycles. The normalized spacial score (nSPS) is 11.9.